The molecule has 1 atom stereocenters. The third-order valence-electron chi connectivity index (χ3n) is 2.59. The van der Waals surface area contributed by atoms with Gasteiger partial charge in [-0.1, -0.05) is 13.8 Å². The molecule has 6 heteroatoms. The molecular weight excluding hydrogens is 256 g/mol. The summed E-state index contributed by atoms with van der Waals surface area (Å²) in [6, 6.07) is 5.74. The number of benzene rings is 1. The number of nitrogens with one attached hydrogen (secondary N) is 3. The van der Waals surface area contributed by atoms with Crippen molar-refractivity contribution in [3.05, 3.63) is 24.3 Å². The summed E-state index contributed by atoms with van der Waals surface area (Å²) in [4.78, 5) is 23.4. The molecule has 0 spiro atoms. The molecule has 0 aromatic heterocycles. The van der Waals surface area contributed by atoms with Gasteiger partial charge in [-0.05, 0) is 37.1 Å². The van der Waals surface area contributed by atoms with E-state index in [1.807, 2.05) is 13.8 Å². The Bertz CT molecular complexity index is 457. The van der Waals surface area contributed by atoms with Gasteiger partial charge < -0.3 is 21.7 Å². The highest BCUT2D eigenvalue weighted by atomic mass is 16.2. The summed E-state index contributed by atoms with van der Waals surface area (Å²) in [5.74, 6) is 0.168. The number of amides is 3. The molecule has 3 amide bonds. The Kier molecular flexibility index (Phi) is 5.83. The number of hydrogen-bond acceptors (Lipinski definition) is 3. The van der Waals surface area contributed by atoms with Crippen LogP contribution in [0.3, 0.4) is 0 Å². The minimum Gasteiger partial charge on any atom is -0.399 e. The summed E-state index contributed by atoms with van der Waals surface area (Å²) >= 11 is 0. The van der Waals surface area contributed by atoms with Crippen molar-refractivity contribution in [1.82, 2.24) is 10.6 Å². The summed E-state index contributed by atoms with van der Waals surface area (Å²) in [5.41, 5.74) is 6.79. The minimum absolute atomic E-state index is 0.203. The number of nitrogen functional groups attached to an aromatic ring is 1. The standard InChI is InChI=1S/C14H22N4O2/c1-9(2)8-16-13(19)10(3)17-14(20)18-12-6-4-11(15)5-7-12/h4-7,9-10H,8,15H2,1-3H3,(H,16,19)(H2,17,18,20). The van der Waals surface area contributed by atoms with Crippen molar-refractivity contribution in [3.63, 3.8) is 0 Å². The van der Waals surface area contributed by atoms with Crippen LogP contribution in [0.15, 0.2) is 24.3 Å². The number of carbonyl (C=O) groups excluding carboxylic acids is 2. The molecule has 1 rings (SSSR count). The molecule has 6 nitrogen and oxygen atoms in total. The largest absolute Gasteiger partial charge is 0.399 e. The van der Waals surface area contributed by atoms with Gasteiger partial charge in [0.15, 0.2) is 0 Å². The van der Waals surface area contributed by atoms with Gasteiger partial charge in [0.2, 0.25) is 5.91 Å². The number of urea groups is 1. The molecule has 0 fully saturated rings. The predicted octanol–water partition coefficient (Wildman–Crippen LogP) is 1.55. The second-order valence-corrected chi connectivity index (χ2v) is 5.08. The Balaban J connectivity index is 2.41. The zero-order chi connectivity index (χ0) is 15.1. The Morgan fingerprint density at radius 3 is 2.30 bits per heavy atom. The van der Waals surface area contributed by atoms with Crippen molar-refractivity contribution in [2.45, 2.75) is 26.8 Å². The highest BCUT2D eigenvalue weighted by molar-refractivity contribution is 5.93. The second kappa shape index (κ2) is 7.37. The van der Waals surface area contributed by atoms with Gasteiger partial charge >= 0.3 is 6.03 Å². The van der Waals surface area contributed by atoms with E-state index in [0.29, 0.717) is 23.8 Å². The lowest BCUT2D eigenvalue weighted by Gasteiger charge is -2.15. The van der Waals surface area contributed by atoms with E-state index in [1.165, 1.54) is 0 Å². The van der Waals surface area contributed by atoms with Crippen molar-refractivity contribution in [1.29, 1.82) is 0 Å². The molecule has 1 aromatic carbocycles. The van der Waals surface area contributed by atoms with Crippen LogP contribution in [0.5, 0.6) is 0 Å². The van der Waals surface area contributed by atoms with E-state index >= 15 is 0 Å². The first-order valence-corrected chi connectivity index (χ1v) is 6.59. The quantitative estimate of drug-likeness (QED) is 0.615. The SMILES string of the molecule is CC(C)CNC(=O)C(C)NC(=O)Nc1ccc(N)cc1. The van der Waals surface area contributed by atoms with E-state index in [2.05, 4.69) is 16.0 Å². The fraction of sp³-hybridized carbons (Fsp3) is 0.429. The molecule has 0 saturated carbocycles. The van der Waals surface area contributed by atoms with Crippen LogP contribution in [-0.4, -0.2) is 24.5 Å². The Labute approximate surface area is 119 Å². The van der Waals surface area contributed by atoms with Gasteiger partial charge in [-0.25, -0.2) is 4.79 Å². The second-order valence-electron chi connectivity index (χ2n) is 5.08. The molecule has 20 heavy (non-hydrogen) atoms. The molecule has 0 heterocycles. The van der Waals surface area contributed by atoms with E-state index in [4.69, 9.17) is 5.73 Å². The lowest BCUT2D eigenvalue weighted by molar-refractivity contribution is -0.122. The van der Waals surface area contributed by atoms with E-state index in [1.54, 1.807) is 31.2 Å². The van der Waals surface area contributed by atoms with Crippen LogP contribution < -0.4 is 21.7 Å². The first-order chi connectivity index (χ1) is 9.38. The summed E-state index contributed by atoms with van der Waals surface area (Å²) in [7, 11) is 0. The third kappa shape index (κ3) is 5.60. The van der Waals surface area contributed by atoms with Crippen LogP contribution in [-0.2, 0) is 4.79 Å². The summed E-state index contributed by atoms with van der Waals surface area (Å²) in [6.45, 7) is 6.24. The smallest absolute Gasteiger partial charge is 0.319 e. The normalized spacial score (nSPS) is 11.8. The molecule has 0 aliphatic heterocycles. The number of rotatable bonds is 5. The Morgan fingerprint density at radius 1 is 1.15 bits per heavy atom. The highest BCUT2D eigenvalue weighted by Crippen LogP contribution is 2.10. The van der Waals surface area contributed by atoms with Gasteiger partial charge in [0.05, 0.1) is 0 Å². The number of carbonyl (C=O) groups is 2. The Morgan fingerprint density at radius 2 is 1.75 bits per heavy atom. The van der Waals surface area contributed by atoms with Gasteiger partial charge in [-0.2, -0.15) is 0 Å². The predicted molar refractivity (Wildman–Crippen MR) is 80.3 cm³/mol. The molecule has 0 aliphatic carbocycles. The van der Waals surface area contributed by atoms with Crippen LogP contribution >= 0.6 is 0 Å². The fourth-order valence-corrected chi connectivity index (χ4v) is 1.45. The van der Waals surface area contributed by atoms with Crippen molar-refractivity contribution >= 4 is 23.3 Å². The molecule has 1 aromatic rings. The number of nitrogens with two attached hydrogens (primary N) is 1. The fourth-order valence-electron chi connectivity index (χ4n) is 1.45. The molecule has 0 bridgehead atoms. The summed E-state index contributed by atoms with van der Waals surface area (Å²) in [6.07, 6.45) is 0. The first-order valence-electron chi connectivity index (χ1n) is 6.59. The maximum absolute atomic E-state index is 11.7. The van der Waals surface area contributed by atoms with Crippen LogP contribution in [0.1, 0.15) is 20.8 Å². The zero-order valence-electron chi connectivity index (χ0n) is 12.1. The Hall–Kier alpha value is -2.24. The molecular formula is C14H22N4O2. The molecule has 110 valence electrons. The van der Waals surface area contributed by atoms with E-state index in [-0.39, 0.29) is 5.91 Å². The number of anilines is 2. The molecule has 1 unspecified atom stereocenters. The van der Waals surface area contributed by atoms with Crippen molar-refractivity contribution in [2.75, 3.05) is 17.6 Å². The summed E-state index contributed by atoms with van der Waals surface area (Å²) < 4.78 is 0. The topological polar surface area (TPSA) is 96.2 Å². The highest BCUT2D eigenvalue weighted by Gasteiger charge is 2.15. The first kappa shape index (κ1) is 15.8. The van der Waals surface area contributed by atoms with Gasteiger partial charge in [0, 0.05) is 17.9 Å². The lowest BCUT2D eigenvalue weighted by Crippen LogP contribution is -2.47. The zero-order valence-corrected chi connectivity index (χ0v) is 12.1. The van der Waals surface area contributed by atoms with Crippen molar-refractivity contribution in [3.8, 4) is 0 Å². The van der Waals surface area contributed by atoms with E-state index in [9.17, 15) is 9.59 Å². The van der Waals surface area contributed by atoms with Gasteiger partial charge in [-0.15, -0.1) is 0 Å². The van der Waals surface area contributed by atoms with Gasteiger partial charge in [0.1, 0.15) is 6.04 Å². The maximum Gasteiger partial charge on any atom is 0.319 e. The van der Waals surface area contributed by atoms with Crippen LogP contribution in [0.25, 0.3) is 0 Å². The van der Waals surface area contributed by atoms with Gasteiger partial charge in [0.25, 0.3) is 0 Å². The average molecular weight is 278 g/mol. The van der Waals surface area contributed by atoms with E-state index in [0.717, 1.165) is 0 Å². The molecule has 0 aliphatic rings. The average Bonchev–Trinajstić information content (AvgIpc) is 2.38. The molecule has 0 radical (unpaired) electrons. The van der Waals surface area contributed by atoms with Crippen molar-refractivity contribution in [2.24, 2.45) is 5.92 Å². The van der Waals surface area contributed by atoms with Crippen LogP contribution in [0, 0.1) is 5.92 Å². The van der Waals surface area contributed by atoms with Crippen molar-refractivity contribution < 1.29 is 9.59 Å². The maximum atomic E-state index is 11.7. The monoisotopic (exact) mass is 278 g/mol. The lowest BCUT2D eigenvalue weighted by atomic mass is 10.2. The van der Waals surface area contributed by atoms with E-state index < -0.39 is 12.1 Å². The third-order valence-corrected chi connectivity index (χ3v) is 2.59. The number of hydrogen-bond donors (Lipinski definition) is 4. The van der Waals surface area contributed by atoms with Crippen LogP contribution in [0.4, 0.5) is 16.2 Å². The summed E-state index contributed by atoms with van der Waals surface area (Å²) in [5, 5.41) is 7.97. The molecule has 5 N–H and O–H groups in total. The molecule has 0 saturated heterocycles. The minimum atomic E-state index is -0.595. The van der Waals surface area contributed by atoms with Gasteiger partial charge in [-0.3, -0.25) is 4.79 Å². The van der Waals surface area contributed by atoms with Crippen LogP contribution in [0.2, 0.25) is 0 Å².